The highest BCUT2D eigenvalue weighted by molar-refractivity contribution is 5.92. The molecule has 154 valence electrons. The number of hydrogen-bond acceptors (Lipinski definition) is 5. The van der Waals surface area contributed by atoms with Crippen molar-refractivity contribution in [1.29, 1.82) is 0 Å². The van der Waals surface area contributed by atoms with Crippen LogP contribution in [0, 0.1) is 6.92 Å². The average Bonchev–Trinajstić information content (AvgIpc) is 2.59. The lowest BCUT2D eigenvalue weighted by Crippen LogP contribution is -2.37. The zero-order chi connectivity index (χ0) is 21.3. The fourth-order valence-electron chi connectivity index (χ4n) is 2.31. The van der Waals surface area contributed by atoms with Crippen molar-refractivity contribution in [2.24, 2.45) is 5.73 Å². The number of primary amides is 1. The molecule has 1 unspecified atom stereocenters. The zero-order valence-electron chi connectivity index (χ0n) is 16.9. The maximum atomic E-state index is 12.0. The number of carbonyl (C=O) groups is 1. The summed E-state index contributed by atoms with van der Waals surface area (Å²) in [5, 5.41) is 3.40. The van der Waals surface area contributed by atoms with E-state index in [2.05, 4.69) is 36.1 Å². The molecule has 0 spiro atoms. The van der Waals surface area contributed by atoms with Gasteiger partial charge in [-0.25, -0.2) is 13.8 Å². The Kier molecular flexibility index (Phi) is 8.91. The van der Waals surface area contributed by atoms with E-state index in [0.29, 0.717) is 5.56 Å². The van der Waals surface area contributed by atoms with Crippen molar-refractivity contribution < 1.29 is 18.3 Å². The van der Waals surface area contributed by atoms with Crippen LogP contribution in [0.4, 0.5) is 8.78 Å². The van der Waals surface area contributed by atoms with Crippen molar-refractivity contribution in [1.82, 2.24) is 15.3 Å². The van der Waals surface area contributed by atoms with Gasteiger partial charge in [0, 0.05) is 41.3 Å². The van der Waals surface area contributed by atoms with Crippen LogP contribution in [0.15, 0.2) is 36.7 Å². The highest BCUT2D eigenvalue weighted by Gasteiger charge is 2.15. The van der Waals surface area contributed by atoms with Crippen LogP contribution in [0.5, 0.6) is 5.88 Å². The molecular weight excluding hydrogens is 366 g/mol. The van der Waals surface area contributed by atoms with Crippen molar-refractivity contribution in [3.05, 3.63) is 53.5 Å². The molecule has 8 heteroatoms. The maximum Gasteiger partial charge on any atom is 0.272 e. The van der Waals surface area contributed by atoms with Gasteiger partial charge in [-0.05, 0) is 52.3 Å². The number of aromatic nitrogens is 2. The first-order valence-corrected chi connectivity index (χ1v) is 8.85. The number of halogens is 2. The number of pyridine rings is 2. The number of aryl methyl sites for hydroxylation is 1. The minimum Gasteiger partial charge on any atom is -0.472 e. The Labute approximate surface area is 164 Å². The molecule has 6 nitrogen and oxygen atoms in total. The van der Waals surface area contributed by atoms with Gasteiger partial charge in [-0.1, -0.05) is 6.07 Å². The Balaban J connectivity index is 0.000000330. The first-order chi connectivity index (χ1) is 13.0. The molecule has 0 saturated carbocycles. The van der Waals surface area contributed by atoms with E-state index in [9.17, 15) is 13.6 Å². The van der Waals surface area contributed by atoms with Gasteiger partial charge in [0.25, 0.3) is 6.43 Å². The standard InChI is InChI=1S/C13H20F2N2O.C7H8N2O/c1-9(17-13(2,3)4)10-5-6-12(16-7-10)18-8-11(14)15;1-5-4-6(7(8)10)2-3-9-5/h5-7,9,11,17H,8H2,1-4H3;2-4H,1H3,(H2,8,10). The number of nitrogens with two attached hydrogens (primary N) is 1. The maximum absolute atomic E-state index is 12.0. The van der Waals surface area contributed by atoms with E-state index in [-0.39, 0.29) is 17.5 Å². The Morgan fingerprint density at radius 3 is 2.36 bits per heavy atom. The Morgan fingerprint density at radius 2 is 1.93 bits per heavy atom. The third-order valence-corrected chi connectivity index (χ3v) is 3.45. The second kappa shape index (κ2) is 10.7. The molecule has 2 heterocycles. The average molecular weight is 394 g/mol. The second-order valence-electron chi connectivity index (χ2n) is 7.30. The second-order valence-corrected chi connectivity index (χ2v) is 7.30. The van der Waals surface area contributed by atoms with Crippen molar-refractivity contribution in [2.75, 3.05) is 6.61 Å². The van der Waals surface area contributed by atoms with Crippen molar-refractivity contribution >= 4 is 5.91 Å². The molecule has 0 fully saturated rings. The van der Waals surface area contributed by atoms with Gasteiger partial charge >= 0.3 is 0 Å². The van der Waals surface area contributed by atoms with Gasteiger partial charge in [0.05, 0.1) is 0 Å². The highest BCUT2D eigenvalue weighted by atomic mass is 19.3. The van der Waals surface area contributed by atoms with E-state index in [1.807, 2.05) is 19.9 Å². The van der Waals surface area contributed by atoms with Crippen LogP contribution in [-0.4, -0.2) is 34.4 Å². The molecule has 0 radical (unpaired) electrons. The van der Waals surface area contributed by atoms with E-state index >= 15 is 0 Å². The van der Waals surface area contributed by atoms with Gasteiger partial charge < -0.3 is 15.8 Å². The Morgan fingerprint density at radius 1 is 1.25 bits per heavy atom. The fourth-order valence-corrected chi connectivity index (χ4v) is 2.31. The molecule has 2 aromatic heterocycles. The molecule has 0 bridgehead atoms. The lowest BCUT2D eigenvalue weighted by atomic mass is 10.0. The normalized spacial score (nSPS) is 12.1. The number of nitrogens with one attached hydrogen (secondary N) is 1. The number of rotatable bonds is 6. The molecule has 2 aromatic rings. The minimum atomic E-state index is -2.48. The molecular formula is C20H28F2N4O2. The summed E-state index contributed by atoms with van der Waals surface area (Å²) >= 11 is 0. The van der Waals surface area contributed by atoms with Gasteiger partial charge in [0.15, 0.2) is 6.61 Å². The van der Waals surface area contributed by atoms with Crippen LogP contribution >= 0.6 is 0 Å². The molecule has 1 atom stereocenters. The van der Waals surface area contributed by atoms with Crippen LogP contribution in [0.25, 0.3) is 0 Å². The number of alkyl halides is 2. The molecule has 1 amide bonds. The number of ether oxygens (including phenoxy) is 1. The molecule has 2 rings (SSSR count). The predicted molar refractivity (Wildman–Crippen MR) is 105 cm³/mol. The molecule has 28 heavy (non-hydrogen) atoms. The lowest BCUT2D eigenvalue weighted by molar-refractivity contribution is 0.0795. The Bertz CT molecular complexity index is 747. The Hall–Kier alpha value is -2.61. The molecule has 0 saturated heterocycles. The summed E-state index contributed by atoms with van der Waals surface area (Å²) in [6, 6.07) is 6.83. The summed E-state index contributed by atoms with van der Waals surface area (Å²) in [6.07, 6.45) is 0.729. The monoisotopic (exact) mass is 394 g/mol. The number of amides is 1. The van der Waals surface area contributed by atoms with Crippen LogP contribution in [0.2, 0.25) is 0 Å². The van der Waals surface area contributed by atoms with Gasteiger partial charge in [-0.3, -0.25) is 9.78 Å². The van der Waals surface area contributed by atoms with E-state index in [1.165, 1.54) is 0 Å². The summed E-state index contributed by atoms with van der Waals surface area (Å²) < 4.78 is 28.7. The van der Waals surface area contributed by atoms with Gasteiger partial charge in [0.2, 0.25) is 11.8 Å². The van der Waals surface area contributed by atoms with Crippen LogP contribution in [-0.2, 0) is 0 Å². The first kappa shape index (κ1) is 23.4. The van der Waals surface area contributed by atoms with Crippen molar-refractivity contribution in [3.8, 4) is 5.88 Å². The summed E-state index contributed by atoms with van der Waals surface area (Å²) in [6.45, 7) is 9.46. The number of carbonyl (C=O) groups excluding carboxylic acids is 1. The predicted octanol–water partition coefficient (Wildman–Crippen LogP) is 3.66. The molecule has 0 aliphatic carbocycles. The van der Waals surface area contributed by atoms with E-state index in [4.69, 9.17) is 10.5 Å². The summed E-state index contributed by atoms with van der Waals surface area (Å²) in [5.74, 6) is -0.187. The van der Waals surface area contributed by atoms with Crippen LogP contribution in [0.1, 0.15) is 55.4 Å². The van der Waals surface area contributed by atoms with E-state index in [1.54, 1.807) is 30.6 Å². The number of hydrogen-bond donors (Lipinski definition) is 2. The fraction of sp³-hybridized carbons (Fsp3) is 0.450. The smallest absolute Gasteiger partial charge is 0.272 e. The first-order valence-electron chi connectivity index (χ1n) is 8.85. The lowest BCUT2D eigenvalue weighted by Gasteiger charge is -2.26. The largest absolute Gasteiger partial charge is 0.472 e. The highest BCUT2D eigenvalue weighted by Crippen LogP contribution is 2.17. The van der Waals surface area contributed by atoms with Crippen molar-refractivity contribution in [2.45, 2.75) is 52.6 Å². The third-order valence-electron chi connectivity index (χ3n) is 3.45. The van der Waals surface area contributed by atoms with Gasteiger partial charge in [0.1, 0.15) is 0 Å². The van der Waals surface area contributed by atoms with Gasteiger partial charge in [-0.15, -0.1) is 0 Å². The summed E-state index contributed by atoms with van der Waals surface area (Å²) in [5.41, 5.74) is 7.32. The molecule has 0 aliphatic rings. The van der Waals surface area contributed by atoms with Crippen LogP contribution < -0.4 is 15.8 Å². The number of nitrogens with zero attached hydrogens (tertiary/aromatic N) is 2. The van der Waals surface area contributed by atoms with Crippen LogP contribution in [0.3, 0.4) is 0 Å². The third kappa shape index (κ3) is 9.36. The van der Waals surface area contributed by atoms with Crippen molar-refractivity contribution in [3.63, 3.8) is 0 Å². The quantitative estimate of drug-likeness (QED) is 0.780. The minimum absolute atomic E-state index is 0.00423. The van der Waals surface area contributed by atoms with Gasteiger partial charge in [-0.2, -0.15) is 0 Å². The zero-order valence-corrected chi connectivity index (χ0v) is 16.9. The van der Waals surface area contributed by atoms with E-state index < -0.39 is 18.9 Å². The molecule has 0 aliphatic heterocycles. The summed E-state index contributed by atoms with van der Waals surface area (Å²) in [7, 11) is 0. The topological polar surface area (TPSA) is 90.1 Å². The molecule has 0 aromatic carbocycles. The van der Waals surface area contributed by atoms with E-state index in [0.717, 1.165) is 11.3 Å². The summed E-state index contributed by atoms with van der Waals surface area (Å²) in [4.78, 5) is 18.5. The SMILES string of the molecule is CC(NC(C)(C)C)c1ccc(OCC(F)F)nc1.Cc1cc(C(N)=O)ccn1. The molecule has 3 N–H and O–H groups in total.